The summed E-state index contributed by atoms with van der Waals surface area (Å²) in [7, 11) is 0. The number of rotatable bonds is 3. The van der Waals surface area contributed by atoms with E-state index in [0.29, 0.717) is 24.1 Å². The van der Waals surface area contributed by atoms with Crippen LogP contribution < -0.4 is 0 Å². The number of nitrogens with zero attached hydrogens (tertiary/aromatic N) is 4. The molecule has 5 heteroatoms. The third kappa shape index (κ3) is 2.30. The molecule has 1 aromatic heterocycles. The summed E-state index contributed by atoms with van der Waals surface area (Å²) in [4.78, 5) is 18.1. The fraction of sp³-hybridized carbons (Fsp3) is 0.385. The van der Waals surface area contributed by atoms with Crippen molar-refractivity contribution in [1.29, 1.82) is 0 Å². The minimum Gasteiger partial charge on any atom is -0.336 e. The molecule has 0 saturated carbocycles. The maximum Gasteiger partial charge on any atom is 0.293 e. The van der Waals surface area contributed by atoms with Gasteiger partial charge in [0, 0.05) is 13.1 Å². The van der Waals surface area contributed by atoms with Crippen molar-refractivity contribution in [3.8, 4) is 0 Å². The summed E-state index contributed by atoms with van der Waals surface area (Å²) in [5.74, 6) is -0.00675. The fourth-order valence-corrected chi connectivity index (χ4v) is 1.79. The molecular formula is C13H16N4O. The van der Waals surface area contributed by atoms with Crippen LogP contribution in [-0.2, 0) is 0 Å². The lowest BCUT2D eigenvalue weighted by Gasteiger charge is -2.16. The van der Waals surface area contributed by atoms with Crippen molar-refractivity contribution in [1.82, 2.24) is 20.1 Å². The first-order valence-corrected chi connectivity index (χ1v) is 6.06. The number of fused-ring (bicyclic) bond motifs is 1. The van der Waals surface area contributed by atoms with Crippen molar-refractivity contribution in [3.05, 3.63) is 29.6 Å². The van der Waals surface area contributed by atoms with Crippen molar-refractivity contribution in [2.45, 2.75) is 20.8 Å². The molecule has 0 N–H and O–H groups in total. The Morgan fingerprint density at radius 1 is 1.17 bits per heavy atom. The zero-order chi connectivity index (χ0) is 13.1. The van der Waals surface area contributed by atoms with Crippen LogP contribution in [0.5, 0.6) is 0 Å². The highest BCUT2D eigenvalue weighted by molar-refractivity contribution is 5.91. The molecule has 0 aliphatic carbocycles. The number of aryl methyl sites for hydroxylation is 1. The average Bonchev–Trinajstić information content (AvgIpc) is 2.39. The van der Waals surface area contributed by atoms with Gasteiger partial charge in [-0.15, -0.1) is 10.2 Å². The predicted octanol–water partition coefficient (Wildman–Crippen LogP) is 1.82. The Morgan fingerprint density at radius 2 is 1.89 bits per heavy atom. The van der Waals surface area contributed by atoms with Crippen molar-refractivity contribution in [2.24, 2.45) is 0 Å². The summed E-state index contributed by atoms with van der Waals surface area (Å²) in [5.41, 5.74) is 2.50. The molecule has 0 fully saturated rings. The fourth-order valence-electron chi connectivity index (χ4n) is 1.79. The Kier molecular flexibility index (Phi) is 3.50. The van der Waals surface area contributed by atoms with E-state index in [1.54, 1.807) is 4.90 Å². The number of carbonyl (C=O) groups is 1. The number of hydrogen-bond donors (Lipinski definition) is 0. The quantitative estimate of drug-likeness (QED) is 0.826. The van der Waals surface area contributed by atoms with Crippen molar-refractivity contribution >= 4 is 16.9 Å². The van der Waals surface area contributed by atoms with Crippen LogP contribution in [0.4, 0.5) is 0 Å². The van der Waals surface area contributed by atoms with E-state index in [1.165, 1.54) is 0 Å². The zero-order valence-corrected chi connectivity index (χ0v) is 10.8. The lowest BCUT2D eigenvalue weighted by Crippen LogP contribution is -2.32. The van der Waals surface area contributed by atoms with Gasteiger partial charge in [0.2, 0.25) is 5.82 Å². The summed E-state index contributed by atoms with van der Waals surface area (Å²) in [5, 5.41) is 7.94. The molecule has 1 amide bonds. The summed E-state index contributed by atoms with van der Waals surface area (Å²) < 4.78 is 0. The summed E-state index contributed by atoms with van der Waals surface area (Å²) in [6, 6.07) is 5.71. The molecule has 0 radical (unpaired) electrons. The average molecular weight is 244 g/mol. The Hall–Kier alpha value is -2.04. The zero-order valence-electron chi connectivity index (χ0n) is 10.8. The highest BCUT2D eigenvalue weighted by atomic mass is 16.2. The first-order chi connectivity index (χ1) is 8.65. The number of amides is 1. The first-order valence-electron chi connectivity index (χ1n) is 6.06. The van der Waals surface area contributed by atoms with E-state index in [9.17, 15) is 4.79 Å². The monoisotopic (exact) mass is 244 g/mol. The van der Waals surface area contributed by atoms with E-state index in [0.717, 1.165) is 5.56 Å². The molecule has 0 spiro atoms. The van der Waals surface area contributed by atoms with Crippen LogP contribution in [0.1, 0.15) is 30.0 Å². The molecule has 0 unspecified atom stereocenters. The SMILES string of the molecule is CCN(CC)C(=O)c1nnc2ccc(C)cc2n1. The second kappa shape index (κ2) is 5.08. The first kappa shape index (κ1) is 12.4. The molecule has 0 saturated heterocycles. The molecule has 0 bridgehead atoms. The predicted molar refractivity (Wildman–Crippen MR) is 69.3 cm³/mol. The van der Waals surface area contributed by atoms with Crippen molar-refractivity contribution in [2.75, 3.05) is 13.1 Å². The van der Waals surface area contributed by atoms with E-state index in [1.807, 2.05) is 39.0 Å². The van der Waals surface area contributed by atoms with Crippen LogP contribution >= 0.6 is 0 Å². The normalized spacial score (nSPS) is 10.6. The molecule has 1 aromatic carbocycles. The van der Waals surface area contributed by atoms with Crippen LogP contribution in [0, 0.1) is 6.92 Å². The van der Waals surface area contributed by atoms with E-state index < -0.39 is 0 Å². The Balaban J connectivity index is 2.43. The number of benzene rings is 1. The largest absolute Gasteiger partial charge is 0.336 e. The minimum absolute atomic E-state index is 0.164. The molecule has 1 heterocycles. The lowest BCUT2D eigenvalue weighted by atomic mass is 10.2. The molecule has 0 aliphatic heterocycles. The lowest BCUT2D eigenvalue weighted by molar-refractivity contribution is 0.0760. The third-order valence-electron chi connectivity index (χ3n) is 2.85. The van der Waals surface area contributed by atoms with E-state index in [-0.39, 0.29) is 11.7 Å². The van der Waals surface area contributed by atoms with Crippen molar-refractivity contribution in [3.63, 3.8) is 0 Å². The smallest absolute Gasteiger partial charge is 0.293 e. The second-order valence-corrected chi connectivity index (χ2v) is 4.11. The van der Waals surface area contributed by atoms with Crippen LogP contribution in [0.15, 0.2) is 18.2 Å². The van der Waals surface area contributed by atoms with Crippen LogP contribution in [-0.4, -0.2) is 39.1 Å². The standard InChI is InChI=1S/C13H16N4O/c1-4-17(5-2)13(18)12-14-11-8-9(3)6-7-10(11)15-16-12/h6-8H,4-5H2,1-3H3. The van der Waals surface area contributed by atoms with Crippen LogP contribution in [0.2, 0.25) is 0 Å². The molecule has 0 aliphatic rings. The summed E-state index contributed by atoms with van der Waals surface area (Å²) >= 11 is 0. The van der Waals surface area contributed by atoms with Gasteiger partial charge in [0.25, 0.3) is 5.91 Å². The summed E-state index contributed by atoms with van der Waals surface area (Å²) in [6.07, 6.45) is 0. The summed E-state index contributed by atoms with van der Waals surface area (Å²) in [6.45, 7) is 7.13. The highest BCUT2D eigenvalue weighted by Crippen LogP contribution is 2.11. The topological polar surface area (TPSA) is 59.0 Å². The van der Waals surface area contributed by atoms with Gasteiger partial charge in [-0.1, -0.05) is 6.07 Å². The molecule has 5 nitrogen and oxygen atoms in total. The highest BCUT2D eigenvalue weighted by Gasteiger charge is 2.16. The van der Waals surface area contributed by atoms with E-state index in [4.69, 9.17) is 0 Å². The van der Waals surface area contributed by atoms with E-state index >= 15 is 0 Å². The van der Waals surface area contributed by atoms with Crippen LogP contribution in [0.25, 0.3) is 11.0 Å². The van der Waals surface area contributed by atoms with Gasteiger partial charge in [0.1, 0.15) is 5.52 Å². The molecule has 2 aromatic rings. The number of hydrogen-bond acceptors (Lipinski definition) is 4. The van der Waals surface area contributed by atoms with Gasteiger partial charge >= 0.3 is 0 Å². The molecule has 2 rings (SSSR count). The van der Waals surface area contributed by atoms with Gasteiger partial charge in [-0.05, 0) is 38.5 Å². The van der Waals surface area contributed by atoms with E-state index in [2.05, 4.69) is 15.2 Å². The Labute approximate surface area is 106 Å². The van der Waals surface area contributed by atoms with Crippen molar-refractivity contribution < 1.29 is 4.79 Å². The Bertz CT molecular complexity index is 578. The molecule has 18 heavy (non-hydrogen) atoms. The number of aromatic nitrogens is 3. The third-order valence-corrected chi connectivity index (χ3v) is 2.85. The van der Waals surface area contributed by atoms with Crippen LogP contribution in [0.3, 0.4) is 0 Å². The number of carbonyl (C=O) groups excluding carboxylic acids is 1. The molecule has 0 atom stereocenters. The maximum absolute atomic E-state index is 12.1. The molecular weight excluding hydrogens is 228 g/mol. The van der Waals surface area contributed by atoms with Gasteiger partial charge in [0.15, 0.2) is 0 Å². The Morgan fingerprint density at radius 3 is 2.56 bits per heavy atom. The van der Waals surface area contributed by atoms with Gasteiger partial charge in [-0.25, -0.2) is 4.98 Å². The van der Waals surface area contributed by atoms with Gasteiger partial charge in [-0.2, -0.15) is 0 Å². The maximum atomic E-state index is 12.1. The van der Waals surface area contributed by atoms with Gasteiger partial charge in [0.05, 0.1) is 5.52 Å². The second-order valence-electron chi connectivity index (χ2n) is 4.11. The minimum atomic E-state index is -0.170. The van der Waals surface area contributed by atoms with Gasteiger partial charge < -0.3 is 4.90 Å². The molecule has 94 valence electrons. The van der Waals surface area contributed by atoms with Gasteiger partial charge in [-0.3, -0.25) is 4.79 Å².